The second-order valence-electron chi connectivity index (χ2n) is 3.67. The van der Waals surface area contributed by atoms with Crippen LogP contribution in [0, 0.1) is 0 Å². The van der Waals surface area contributed by atoms with Crippen LogP contribution in [0.15, 0.2) is 30.5 Å². The molecule has 6 heteroatoms. The molecule has 0 radical (unpaired) electrons. The monoisotopic (exact) mass is 247 g/mol. The van der Waals surface area contributed by atoms with Gasteiger partial charge in [-0.2, -0.15) is 0 Å². The summed E-state index contributed by atoms with van der Waals surface area (Å²) in [6.07, 6.45) is 2.50. The van der Waals surface area contributed by atoms with Crippen molar-refractivity contribution in [3.05, 3.63) is 41.7 Å². The van der Waals surface area contributed by atoms with Crippen molar-refractivity contribution in [2.24, 2.45) is 0 Å². The quantitative estimate of drug-likeness (QED) is 0.759. The van der Waals surface area contributed by atoms with Crippen LogP contribution in [0.5, 0.6) is 5.75 Å². The number of aliphatic hydroxyl groups is 1. The SMILES string of the molecule is O=Cc1ccc(OCc2cn(CCO)nn2)cc1. The summed E-state index contributed by atoms with van der Waals surface area (Å²) in [5.41, 5.74) is 1.29. The predicted molar refractivity (Wildman–Crippen MR) is 63.3 cm³/mol. The molecule has 0 unspecified atom stereocenters. The highest BCUT2D eigenvalue weighted by Gasteiger charge is 2.01. The molecule has 0 atom stereocenters. The second kappa shape index (κ2) is 5.92. The summed E-state index contributed by atoms with van der Waals surface area (Å²) in [5.74, 6) is 0.664. The summed E-state index contributed by atoms with van der Waals surface area (Å²) in [6, 6.07) is 6.82. The third-order valence-electron chi connectivity index (χ3n) is 2.32. The van der Waals surface area contributed by atoms with Crippen LogP contribution in [0.25, 0.3) is 0 Å². The van der Waals surface area contributed by atoms with Gasteiger partial charge in [0.2, 0.25) is 0 Å². The van der Waals surface area contributed by atoms with Gasteiger partial charge >= 0.3 is 0 Å². The lowest BCUT2D eigenvalue weighted by Gasteiger charge is -2.03. The molecule has 0 saturated heterocycles. The zero-order valence-electron chi connectivity index (χ0n) is 9.69. The van der Waals surface area contributed by atoms with Crippen LogP contribution >= 0.6 is 0 Å². The summed E-state index contributed by atoms with van der Waals surface area (Å²) >= 11 is 0. The van der Waals surface area contributed by atoms with Crippen molar-refractivity contribution < 1.29 is 14.6 Å². The number of carbonyl (C=O) groups is 1. The number of carbonyl (C=O) groups excluding carboxylic acids is 1. The second-order valence-corrected chi connectivity index (χ2v) is 3.67. The Bertz CT molecular complexity index is 508. The molecule has 0 bridgehead atoms. The first-order chi connectivity index (χ1) is 8.81. The molecule has 2 rings (SSSR count). The van der Waals surface area contributed by atoms with Crippen molar-refractivity contribution >= 4 is 6.29 Å². The molecule has 0 aliphatic heterocycles. The number of aldehydes is 1. The molecule has 1 heterocycles. The van der Waals surface area contributed by atoms with Gasteiger partial charge in [-0.3, -0.25) is 4.79 Å². The molecule has 2 aromatic rings. The molecule has 0 aliphatic carbocycles. The normalized spacial score (nSPS) is 10.3. The summed E-state index contributed by atoms with van der Waals surface area (Å²) in [7, 11) is 0. The van der Waals surface area contributed by atoms with E-state index in [2.05, 4.69) is 10.3 Å². The van der Waals surface area contributed by atoms with Crippen molar-refractivity contribution in [2.75, 3.05) is 6.61 Å². The molecule has 1 aromatic carbocycles. The smallest absolute Gasteiger partial charge is 0.150 e. The molecule has 0 fully saturated rings. The van der Waals surface area contributed by atoms with Gasteiger partial charge in [0.25, 0.3) is 0 Å². The minimum absolute atomic E-state index is 0.0246. The van der Waals surface area contributed by atoms with Crippen LogP contribution in [0.1, 0.15) is 16.1 Å². The van der Waals surface area contributed by atoms with Crippen LogP contribution < -0.4 is 4.74 Å². The minimum atomic E-state index is 0.0246. The van der Waals surface area contributed by atoms with Gasteiger partial charge in [0.15, 0.2) is 0 Å². The van der Waals surface area contributed by atoms with Crippen LogP contribution in [0.3, 0.4) is 0 Å². The van der Waals surface area contributed by atoms with E-state index in [4.69, 9.17) is 9.84 Å². The maximum absolute atomic E-state index is 10.5. The lowest BCUT2D eigenvalue weighted by Crippen LogP contribution is -2.02. The highest BCUT2D eigenvalue weighted by atomic mass is 16.5. The molecule has 0 saturated carbocycles. The first kappa shape index (κ1) is 12.3. The Morgan fingerprint density at radius 3 is 2.78 bits per heavy atom. The number of hydrogen-bond donors (Lipinski definition) is 1. The van der Waals surface area contributed by atoms with Crippen molar-refractivity contribution in [3.63, 3.8) is 0 Å². The Hall–Kier alpha value is -2.21. The van der Waals surface area contributed by atoms with E-state index in [1.807, 2.05) is 0 Å². The van der Waals surface area contributed by atoms with Gasteiger partial charge < -0.3 is 9.84 Å². The van der Waals surface area contributed by atoms with E-state index in [0.29, 0.717) is 30.2 Å². The van der Waals surface area contributed by atoms with E-state index in [9.17, 15) is 4.79 Å². The number of nitrogens with zero attached hydrogens (tertiary/aromatic N) is 3. The predicted octanol–water partition coefficient (Wildman–Crippen LogP) is 0.662. The molecule has 18 heavy (non-hydrogen) atoms. The van der Waals surface area contributed by atoms with Crippen LogP contribution in [-0.2, 0) is 13.2 Å². The average molecular weight is 247 g/mol. The number of hydrogen-bond acceptors (Lipinski definition) is 5. The molecular weight excluding hydrogens is 234 g/mol. The van der Waals surface area contributed by atoms with Gasteiger partial charge in [0.05, 0.1) is 19.3 Å². The van der Waals surface area contributed by atoms with Crippen LogP contribution in [-0.4, -0.2) is 33.0 Å². The van der Waals surface area contributed by atoms with E-state index in [-0.39, 0.29) is 6.61 Å². The first-order valence-corrected chi connectivity index (χ1v) is 5.50. The Kier molecular flexibility index (Phi) is 4.03. The van der Waals surface area contributed by atoms with Crippen LogP contribution in [0.2, 0.25) is 0 Å². The summed E-state index contributed by atoms with van der Waals surface area (Å²) in [4.78, 5) is 10.5. The number of ether oxygens (including phenoxy) is 1. The Labute approximate surface area is 104 Å². The zero-order chi connectivity index (χ0) is 12.8. The molecule has 94 valence electrons. The van der Waals surface area contributed by atoms with Gasteiger partial charge in [-0.15, -0.1) is 5.10 Å². The van der Waals surface area contributed by atoms with Gasteiger partial charge in [-0.25, -0.2) is 4.68 Å². The van der Waals surface area contributed by atoms with E-state index in [1.54, 1.807) is 35.1 Å². The Morgan fingerprint density at radius 2 is 2.11 bits per heavy atom. The summed E-state index contributed by atoms with van der Waals surface area (Å²) < 4.78 is 7.04. The number of aromatic nitrogens is 3. The third kappa shape index (κ3) is 3.14. The Morgan fingerprint density at radius 1 is 1.33 bits per heavy atom. The van der Waals surface area contributed by atoms with Gasteiger partial charge in [0.1, 0.15) is 24.3 Å². The molecule has 1 N–H and O–H groups in total. The van der Waals surface area contributed by atoms with Gasteiger partial charge in [0, 0.05) is 5.56 Å². The minimum Gasteiger partial charge on any atom is -0.487 e. The zero-order valence-corrected chi connectivity index (χ0v) is 9.69. The maximum atomic E-state index is 10.5. The fourth-order valence-corrected chi connectivity index (χ4v) is 1.42. The largest absolute Gasteiger partial charge is 0.487 e. The topological polar surface area (TPSA) is 77.2 Å². The number of benzene rings is 1. The summed E-state index contributed by atoms with van der Waals surface area (Å²) in [5, 5.41) is 16.5. The molecule has 6 nitrogen and oxygen atoms in total. The van der Waals surface area contributed by atoms with E-state index >= 15 is 0 Å². The fraction of sp³-hybridized carbons (Fsp3) is 0.250. The van der Waals surface area contributed by atoms with E-state index < -0.39 is 0 Å². The fourth-order valence-electron chi connectivity index (χ4n) is 1.42. The number of aliphatic hydroxyl groups excluding tert-OH is 1. The van der Waals surface area contributed by atoms with Crippen molar-refractivity contribution in [2.45, 2.75) is 13.2 Å². The standard InChI is InChI=1S/C12H13N3O3/c16-6-5-15-7-11(13-14-15)9-18-12-3-1-10(8-17)2-4-12/h1-4,7-8,16H,5-6,9H2. The molecule has 0 aliphatic rings. The number of rotatable bonds is 6. The van der Waals surface area contributed by atoms with Crippen molar-refractivity contribution in [1.29, 1.82) is 0 Å². The van der Waals surface area contributed by atoms with Gasteiger partial charge in [-0.05, 0) is 24.3 Å². The first-order valence-electron chi connectivity index (χ1n) is 5.50. The summed E-state index contributed by atoms with van der Waals surface area (Å²) in [6.45, 7) is 0.740. The van der Waals surface area contributed by atoms with E-state index in [0.717, 1.165) is 6.29 Å². The highest BCUT2D eigenvalue weighted by Crippen LogP contribution is 2.12. The van der Waals surface area contributed by atoms with Crippen molar-refractivity contribution in [3.8, 4) is 5.75 Å². The molecule has 1 aromatic heterocycles. The van der Waals surface area contributed by atoms with Crippen molar-refractivity contribution in [1.82, 2.24) is 15.0 Å². The molecular formula is C12H13N3O3. The Balaban J connectivity index is 1.91. The lowest BCUT2D eigenvalue weighted by atomic mass is 10.2. The third-order valence-corrected chi connectivity index (χ3v) is 2.32. The molecule has 0 amide bonds. The van der Waals surface area contributed by atoms with E-state index in [1.165, 1.54) is 0 Å². The molecule has 0 spiro atoms. The maximum Gasteiger partial charge on any atom is 0.150 e. The van der Waals surface area contributed by atoms with Crippen LogP contribution in [0.4, 0.5) is 0 Å². The van der Waals surface area contributed by atoms with Gasteiger partial charge in [-0.1, -0.05) is 5.21 Å². The average Bonchev–Trinajstić information content (AvgIpc) is 2.85. The highest BCUT2D eigenvalue weighted by molar-refractivity contribution is 5.74. The lowest BCUT2D eigenvalue weighted by molar-refractivity contribution is 0.112.